The minimum absolute atomic E-state index is 0.0675. The lowest BCUT2D eigenvalue weighted by atomic mass is 10.1. The van der Waals surface area contributed by atoms with Crippen LogP contribution in [0.3, 0.4) is 0 Å². The highest BCUT2D eigenvalue weighted by Crippen LogP contribution is 2.29. The standard InChI is InChI=1S/C18H16F3NO3/c1-25-16-7-4-12(8-9-23)10-15(16)17(24)22-11-13-2-5-14(6-3-13)18(19,20)21/h2-7,9-10H,8,11H2,1H3,(H,22,24). The van der Waals surface area contributed by atoms with E-state index in [0.29, 0.717) is 16.9 Å². The molecule has 2 rings (SSSR count). The molecule has 2 aromatic carbocycles. The number of hydrogen-bond acceptors (Lipinski definition) is 3. The number of nitrogens with one attached hydrogen (secondary N) is 1. The second-order valence-corrected chi connectivity index (χ2v) is 5.28. The molecule has 7 heteroatoms. The Hall–Kier alpha value is -2.83. The van der Waals surface area contributed by atoms with Crippen LogP contribution in [0.25, 0.3) is 0 Å². The van der Waals surface area contributed by atoms with Gasteiger partial charge in [-0.2, -0.15) is 13.2 Å². The van der Waals surface area contributed by atoms with E-state index in [4.69, 9.17) is 4.74 Å². The fourth-order valence-corrected chi connectivity index (χ4v) is 2.24. The van der Waals surface area contributed by atoms with Crippen LogP contribution in [0.4, 0.5) is 13.2 Å². The van der Waals surface area contributed by atoms with Crippen molar-refractivity contribution in [3.63, 3.8) is 0 Å². The normalized spacial score (nSPS) is 11.0. The van der Waals surface area contributed by atoms with Gasteiger partial charge in [-0.1, -0.05) is 18.2 Å². The van der Waals surface area contributed by atoms with Crippen molar-refractivity contribution < 1.29 is 27.5 Å². The summed E-state index contributed by atoms with van der Waals surface area (Å²) in [5.74, 6) is -0.0935. The Morgan fingerprint density at radius 3 is 2.32 bits per heavy atom. The molecule has 0 aromatic heterocycles. The Morgan fingerprint density at radius 1 is 1.12 bits per heavy atom. The molecule has 0 unspecified atom stereocenters. The summed E-state index contributed by atoms with van der Waals surface area (Å²) >= 11 is 0. The number of halogens is 3. The largest absolute Gasteiger partial charge is 0.496 e. The molecule has 0 fully saturated rings. The van der Waals surface area contributed by atoms with Crippen molar-refractivity contribution in [1.29, 1.82) is 0 Å². The topological polar surface area (TPSA) is 55.4 Å². The molecular formula is C18H16F3NO3. The van der Waals surface area contributed by atoms with Crippen molar-refractivity contribution in [2.75, 3.05) is 7.11 Å². The molecule has 2 aromatic rings. The Bertz CT molecular complexity index is 755. The molecule has 0 aliphatic carbocycles. The molecule has 0 saturated heterocycles. The lowest BCUT2D eigenvalue weighted by Crippen LogP contribution is -2.23. The van der Waals surface area contributed by atoms with Gasteiger partial charge in [-0.05, 0) is 35.4 Å². The summed E-state index contributed by atoms with van der Waals surface area (Å²) in [6, 6.07) is 9.37. The zero-order valence-electron chi connectivity index (χ0n) is 13.4. The minimum Gasteiger partial charge on any atom is -0.496 e. The van der Waals surface area contributed by atoms with Crippen LogP contribution in [0.5, 0.6) is 5.75 Å². The Labute approximate surface area is 142 Å². The Balaban J connectivity index is 2.09. The highest BCUT2D eigenvalue weighted by Gasteiger charge is 2.29. The third kappa shape index (κ3) is 4.82. The molecule has 1 amide bonds. The molecule has 0 radical (unpaired) electrons. The summed E-state index contributed by atoms with van der Waals surface area (Å²) in [5.41, 5.74) is 0.708. The number of benzene rings is 2. The molecule has 1 N–H and O–H groups in total. The van der Waals surface area contributed by atoms with Gasteiger partial charge in [0.25, 0.3) is 5.91 Å². The van der Waals surface area contributed by atoms with E-state index in [1.54, 1.807) is 18.2 Å². The number of rotatable bonds is 6. The van der Waals surface area contributed by atoms with Crippen LogP contribution in [0.1, 0.15) is 27.0 Å². The van der Waals surface area contributed by atoms with Gasteiger partial charge in [0.05, 0.1) is 18.2 Å². The Morgan fingerprint density at radius 2 is 1.76 bits per heavy atom. The zero-order chi connectivity index (χ0) is 18.4. The molecule has 0 bridgehead atoms. The summed E-state index contributed by atoms with van der Waals surface area (Å²) in [6.07, 6.45) is -3.50. The first kappa shape index (κ1) is 18.5. The molecule has 0 spiro atoms. The highest BCUT2D eigenvalue weighted by molar-refractivity contribution is 5.97. The van der Waals surface area contributed by atoms with Gasteiger partial charge >= 0.3 is 6.18 Å². The number of carbonyl (C=O) groups is 2. The minimum atomic E-state index is -4.39. The van der Waals surface area contributed by atoms with Crippen molar-refractivity contribution in [1.82, 2.24) is 5.32 Å². The van der Waals surface area contributed by atoms with Crippen LogP contribution in [0.2, 0.25) is 0 Å². The van der Waals surface area contributed by atoms with E-state index in [-0.39, 0.29) is 18.5 Å². The first-order chi connectivity index (χ1) is 11.8. The van der Waals surface area contributed by atoms with Gasteiger partial charge in [-0.15, -0.1) is 0 Å². The zero-order valence-corrected chi connectivity index (χ0v) is 13.4. The summed E-state index contributed by atoms with van der Waals surface area (Å²) in [5, 5.41) is 2.63. The van der Waals surface area contributed by atoms with E-state index >= 15 is 0 Å². The van der Waals surface area contributed by atoms with Crippen molar-refractivity contribution in [2.45, 2.75) is 19.1 Å². The maximum Gasteiger partial charge on any atom is 0.416 e. The number of ether oxygens (including phenoxy) is 1. The second kappa shape index (κ2) is 7.83. The molecule has 0 atom stereocenters. The third-order valence-electron chi connectivity index (χ3n) is 3.56. The van der Waals surface area contributed by atoms with Gasteiger partial charge < -0.3 is 14.8 Å². The first-order valence-corrected chi connectivity index (χ1v) is 7.40. The predicted octanol–water partition coefficient (Wildman–Crippen LogP) is 3.39. The monoisotopic (exact) mass is 351 g/mol. The second-order valence-electron chi connectivity index (χ2n) is 5.28. The molecule has 4 nitrogen and oxygen atoms in total. The summed E-state index contributed by atoms with van der Waals surface area (Å²) in [6.45, 7) is 0.0675. The fourth-order valence-electron chi connectivity index (χ4n) is 2.24. The van der Waals surface area contributed by atoms with Gasteiger partial charge in [0, 0.05) is 13.0 Å². The maximum atomic E-state index is 12.5. The first-order valence-electron chi connectivity index (χ1n) is 7.40. The van der Waals surface area contributed by atoms with Gasteiger partial charge in [-0.25, -0.2) is 0 Å². The van der Waals surface area contributed by atoms with Crippen LogP contribution < -0.4 is 10.1 Å². The SMILES string of the molecule is COc1ccc(CC=O)cc1C(=O)NCc1ccc(C(F)(F)F)cc1. The van der Waals surface area contributed by atoms with E-state index in [0.717, 1.165) is 18.4 Å². The van der Waals surface area contributed by atoms with Crippen molar-refractivity contribution >= 4 is 12.2 Å². The summed E-state index contributed by atoms with van der Waals surface area (Å²) in [7, 11) is 1.42. The van der Waals surface area contributed by atoms with Crippen LogP contribution in [0.15, 0.2) is 42.5 Å². The number of amides is 1. The van der Waals surface area contributed by atoms with Crippen molar-refractivity contribution in [2.24, 2.45) is 0 Å². The molecule has 132 valence electrons. The predicted molar refractivity (Wildman–Crippen MR) is 85.4 cm³/mol. The van der Waals surface area contributed by atoms with Gasteiger partial charge in [-0.3, -0.25) is 4.79 Å². The van der Waals surface area contributed by atoms with Crippen LogP contribution in [0, 0.1) is 0 Å². The number of aldehydes is 1. The van der Waals surface area contributed by atoms with Crippen molar-refractivity contribution in [3.05, 3.63) is 64.7 Å². The average Bonchev–Trinajstić information content (AvgIpc) is 2.59. The number of methoxy groups -OCH3 is 1. The molecule has 0 saturated carbocycles. The van der Waals surface area contributed by atoms with Gasteiger partial charge in [0.15, 0.2) is 0 Å². The molecule has 0 aliphatic rings. The smallest absolute Gasteiger partial charge is 0.416 e. The quantitative estimate of drug-likeness (QED) is 0.812. The molecule has 0 aliphatic heterocycles. The number of alkyl halides is 3. The van der Waals surface area contributed by atoms with Gasteiger partial charge in [0.1, 0.15) is 12.0 Å². The highest BCUT2D eigenvalue weighted by atomic mass is 19.4. The van der Waals surface area contributed by atoms with Crippen LogP contribution in [-0.2, 0) is 23.9 Å². The number of carbonyl (C=O) groups excluding carboxylic acids is 2. The summed E-state index contributed by atoms with van der Waals surface area (Å²) < 4.78 is 42.7. The van der Waals surface area contributed by atoms with Gasteiger partial charge in [0.2, 0.25) is 0 Å². The third-order valence-corrected chi connectivity index (χ3v) is 3.56. The van der Waals surface area contributed by atoms with E-state index in [1.165, 1.54) is 19.2 Å². The maximum absolute atomic E-state index is 12.5. The van der Waals surface area contributed by atoms with E-state index < -0.39 is 17.6 Å². The molecule has 25 heavy (non-hydrogen) atoms. The lowest BCUT2D eigenvalue weighted by molar-refractivity contribution is -0.137. The number of hydrogen-bond donors (Lipinski definition) is 1. The van der Waals surface area contributed by atoms with E-state index in [9.17, 15) is 22.8 Å². The summed E-state index contributed by atoms with van der Waals surface area (Å²) in [4.78, 5) is 22.9. The van der Waals surface area contributed by atoms with E-state index in [1.807, 2.05) is 0 Å². The fraction of sp³-hybridized carbons (Fsp3) is 0.222. The lowest BCUT2D eigenvalue weighted by Gasteiger charge is -2.11. The average molecular weight is 351 g/mol. The van der Waals surface area contributed by atoms with Crippen molar-refractivity contribution in [3.8, 4) is 5.75 Å². The van der Waals surface area contributed by atoms with E-state index in [2.05, 4.69) is 5.32 Å². The Kier molecular flexibility index (Phi) is 5.80. The van der Waals surface area contributed by atoms with Crippen LogP contribution in [-0.4, -0.2) is 19.3 Å². The van der Waals surface area contributed by atoms with Crippen LogP contribution >= 0.6 is 0 Å². The molecule has 0 heterocycles. The molecular weight excluding hydrogens is 335 g/mol.